The number of hydrogen-bond acceptors (Lipinski definition) is 5. The fourth-order valence-electron chi connectivity index (χ4n) is 6.60. The number of alkyl halides is 3. The van der Waals surface area contributed by atoms with Crippen LogP contribution in [0.2, 0.25) is 0 Å². The predicted octanol–water partition coefficient (Wildman–Crippen LogP) is 7.79. The highest BCUT2D eigenvalue weighted by Crippen LogP contribution is 2.59. The summed E-state index contributed by atoms with van der Waals surface area (Å²) in [5.74, 6) is -0.775. The van der Waals surface area contributed by atoms with Crippen molar-refractivity contribution in [2.75, 3.05) is 11.9 Å². The van der Waals surface area contributed by atoms with E-state index in [1.807, 2.05) is 49.4 Å². The van der Waals surface area contributed by atoms with Crippen molar-refractivity contribution in [2.45, 2.75) is 70.1 Å². The number of carbonyl (C=O) groups is 2. The van der Waals surface area contributed by atoms with Gasteiger partial charge in [0.25, 0.3) is 5.91 Å². The summed E-state index contributed by atoms with van der Waals surface area (Å²) < 4.78 is 54.3. The number of pyridine rings is 1. The van der Waals surface area contributed by atoms with Gasteiger partial charge in [-0.2, -0.15) is 13.2 Å². The van der Waals surface area contributed by atoms with E-state index >= 15 is 0 Å². The maximum Gasteiger partial charge on any atom is 0.509 e. The van der Waals surface area contributed by atoms with Gasteiger partial charge < -0.3 is 14.8 Å². The van der Waals surface area contributed by atoms with Crippen LogP contribution in [0, 0.1) is 18.8 Å². The molecule has 9 heteroatoms. The van der Waals surface area contributed by atoms with Gasteiger partial charge >= 0.3 is 12.3 Å². The van der Waals surface area contributed by atoms with Gasteiger partial charge in [-0.3, -0.25) is 9.78 Å². The minimum Gasteiger partial charge on any atom is -0.434 e. The molecule has 0 bridgehead atoms. The number of fused-ring (bicyclic) bond motifs is 3. The van der Waals surface area contributed by atoms with E-state index in [9.17, 15) is 22.8 Å². The molecule has 0 saturated heterocycles. The zero-order chi connectivity index (χ0) is 30.1. The van der Waals surface area contributed by atoms with Crippen molar-refractivity contribution >= 4 is 17.7 Å². The number of ether oxygens (including phenoxy) is 2. The molecule has 3 aromatic rings. The lowest BCUT2D eigenvalue weighted by Gasteiger charge is -2.54. The third-order valence-corrected chi connectivity index (χ3v) is 8.68. The van der Waals surface area contributed by atoms with E-state index < -0.39 is 35.7 Å². The molecule has 0 spiro atoms. The van der Waals surface area contributed by atoms with Crippen molar-refractivity contribution in [3.05, 3.63) is 94.8 Å². The first kappa shape index (κ1) is 29.6. The van der Waals surface area contributed by atoms with Gasteiger partial charge in [0, 0.05) is 23.6 Å². The third-order valence-electron chi connectivity index (χ3n) is 8.68. The average molecular weight is 581 g/mol. The van der Waals surface area contributed by atoms with Crippen LogP contribution in [0.15, 0.2) is 66.9 Å². The van der Waals surface area contributed by atoms with Crippen LogP contribution >= 0.6 is 0 Å². The van der Waals surface area contributed by atoms with E-state index in [0.717, 1.165) is 16.7 Å². The molecule has 1 heterocycles. The summed E-state index contributed by atoms with van der Waals surface area (Å²) in [5, 5.41) is 2.91. The maximum atomic E-state index is 14.7. The minimum atomic E-state index is -4.76. The zero-order valence-electron chi connectivity index (χ0n) is 24.0. The fourth-order valence-corrected chi connectivity index (χ4v) is 6.60. The Labute approximate surface area is 243 Å². The van der Waals surface area contributed by atoms with Crippen LogP contribution < -0.4 is 5.32 Å². The molecular weight excluding hydrogens is 545 g/mol. The Kier molecular flexibility index (Phi) is 8.05. The molecule has 222 valence electrons. The summed E-state index contributed by atoms with van der Waals surface area (Å²) >= 11 is 0. The largest absolute Gasteiger partial charge is 0.509 e. The number of carbonyl (C=O) groups excluding carboxylic acids is 2. The van der Waals surface area contributed by atoms with Gasteiger partial charge in [-0.05, 0) is 85.4 Å². The number of aromatic nitrogens is 1. The molecule has 1 aromatic heterocycles. The summed E-state index contributed by atoms with van der Waals surface area (Å²) in [6.45, 7) is 5.39. The van der Waals surface area contributed by atoms with E-state index in [4.69, 9.17) is 9.47 Å². The maximum absolute atomic E-state index is 14.7. The molecule has 42 heavy (non-hydrogen) atoms. The van der Waals surface area contributed by atoms with Gasteiger partial charge in [0.2, 0.25) is 5.60 Å². The summed E-state index contributed by atoms with van der Waals surface area (Å²) in [6.07, 6.45) is -4.12. The number of halogens is 3. The van der Waals surface area contributed by atoms with Crippen LogP contribution in [-0.4, -0.2) is 35.4 Å². The van der Waals surface area contributed by atoms with Crippen molar-refractivity contribution in [3.8, 4) is 0 Å². The van der Waals surface area contributed by atoms with Gasteiger partial charge in [-0.1, -0.05) is 50.2 Å². The van der Waals surface area contributed by atoms with Crippen LogP contribution in [0.3, 0.4) is 0 Å². The Morgan fingerprint density at radius 2 is 1.83 bits per heavy atom. The number of hydrogen-bond donors (Lipinski definition) is 1. The van der Waals surface area contributed by atoms with Gasteiger partial charge in [0.15, 0.2) is 0 Å². The number of nitrogens with one attached hydrogen (secondary N) is 1. The molecule has 0 radical (unpaired) electrons. The van der Waals surface area contributed by atoms with Gasteiger partial charge in [-0.25, -0.2) is 4.79 Å². The molecule has 2 aliphatic carbocycles. The van der Waals surface area contributed by atoms with E-state index in [1.165, 1.54) is 0 Å². The summed E-state index contributed by atoms with van der Waals surface area (Å²) in [4.78, 5) is 29.8. The Morgan fingerprint density at radius 3 is 2.52 bits per heavy atom. The van der Waals surface area contributed by atoms with Crippen LogP contribution in [0.4, 0.5) is 23.7 Å². The van der Waals surface area contributed by atoms with Gasteiger partial charge in [0.05, 0.1) is 18.0 Å². The van der Waals surface area contributed by atoms with Gasteiger partial charge in [0.1, 0.15) is 0 Å². The first-order valence-electron chi connectivity index (χ1n) is 14.3. The Bertz CT molecular complexity index is 1460. The van der Waals surface area contributed by atoms with E-state index in [0.29, 0.717) is 29.8 Å². The Morgan fingerprint density at radius 1 is 1.07 bits per heavy atom. The smallest absolute Gasteiger partial charge is 0.434 e. The summed E-state index contributed by atoms with van der Waals surface area (Å²) in [7, 11) is 0. The molecular formula is C33H35F3N2O4. The van der Waals surface area contributed by atoms with Crippen LogP contribution in [0.1, 0.15) is 72.3 Å². The van der Waals surface area contributed by atoms with E-state index in [2.05, 4.69) is 10.3 Å². The van der Waals surface area contributed by atoms with Crippen LogP contribution in [0.25, 0.3) is 0 Å². The van der Waals surface area contributed by atoms with E-state index in [1.54, 1.807) is 38.2 Å². The third kappa shape index (κ3) is 5.49. The normalized spacial score (nSPS) is 23.5. The molecule has 2 aromatic carbocycles. The molecule has 6 nitrogen and oxygen atoms in total. The minimum absolute atomic E-state index is 0.0200. The highest BCUT2D eigenvalue weighted by atomic mass is 19.4. The molecule has 1 amide bonds. The zero-order valence-corrected chi connectivity index (χ0v) is 24.0. The fraction of sp³-hybridized carbons (Fsp3) is 0.424. The highest BCUT2D eigenvalue weighted by molar-refractivity contribution is 6.04. The predicted molar refractivity (Wildman–Crippen MR) is 152 cm³/mol. The highest BCUT2D eigenvalue weighted by Gasteiger charge is 2.65. The number of nitrogens with zero attached hydrogens (tertiary/aromatic N) is 1. The van der Waals surface area contributed by atoms with Crippen molar-refractivity contribution in [2.24, 2.45) is 11.8 Å². The molecule has 1 N–H and O–H groups in total. The van der Waals surface area contributed by atoms with Crippen LogP contribution in [-0.2, 0) is 21.3 Å². The molecule has 0 unspecified atom stereocenters. The lowest BCUT2D eigenvalue weighted by atomic mass is 9.52. The number of aryl methyl sites for hydroxylation is 2. The van der Waals surface area contributed by atoms with Crippen molar-refractivity contribution in [1.29, 1.82) is 0 Å². The molecule has 0 aliphatic heterocycles. The monoisotopic (exact) mass is 580 g/mol. The lowest BCUT2D eigenvalue weighted by molar-refractivity contribution is -0.281. The standard InChI is InChI=1S/C33H35F3N2O4/c1-21(2)20-41-30(40)42-31(33(34,35)36)15-16-32(25-8-5-4-6-9-25)26(19-31)13-11-23-18-24(12-14-27(23)32)29(39)38-28-10-7-17-37-22(28)3/h4-10,12,14,17-18,21,26H,11,13,15-16,19-20H2,1-3H3,(H,38,39)/t26-,31-,32+/m1/s1. The second-order valence-corrected chi connectivity index (χ2v) is 11.8. The second-order valence-electron chi connectivity index (χ2n) is 11.8. The molecule has 3 atom stereocenters. The first-order valence-corrected chi connectivity index (χ1v) is 14.3. The average Bonchev–Trinajstić information content (AvgIpc) is 2.96. The second kappa shape index (κ2) is 11.4. The number of amides is 1. The molecule has 5 rings (SSSR count). The quantitative estimate of drug-likeness (QED) is 0.301. The number of benzene rings is 2. The summed E-state index contributed by atoms with van der Waals surface area (Å²) in [6, 6.07) is 18.6. The Balaban J connectivity index is 1.50. The van der Waals surface area contributed by atoms with Crippen molar-refractivity contribution < 1.29 is 32.2 Å². The number of anilines is 1. The first-order chi connectivity index (χ1) is 19.9. The lowest BCUT2D eigenvalue weighted by Crippen LogP contribution is -2.58. The van der Waals surface area contributed by atoms with Crippen LogP contribution in [0.5, 0.6) is 0 Å². The van der Waals surface area contributed by atoms with E-state index in [-0.39, 0.29) is 31.3 Å². The Hall–Kier alpha value is -3.88. The number of rotatable bonds is 6. The SMILES string of the molecule is Cc1ncccc1NC(=O)c1ccc2c(c1)CC[C@@H]1C[C@@](OC(=O)OCC(C)C)(C(F)(F)F)CC[C@@]21c1ccccc1. The van der Waals surface area contributed by atoms with Crippen molar-refractivity contribution in [1.82, 2.24) is 4.98 Å². The molecule has 1 fully saturated rings. The molecule has 2 aliphatic rings. The summed E-state index contributed by atoms with van der Waals surface area (Å²) in [5.41, 5.74) is 1.17. The van der Waals surface area contributed by atoms with Crippen molar-refractivity contribution in [3.63, 3.8) is 0 Å². The topological polar surface area (TPSA) is 77.5 Å². The molecule has 1 saturated carbocycles. The van der Waals surface area contributed by atoms with Gasteiger partial charge in [-0.15, -0.1) is 0 Å².